The summed E-state index contributed by atoms with van der Waals surface area (Å²) in [4.78, 5) is 0. The van der Waals surface area contributed by atoms with E-state index in [1.807, 2.05) is 0 Å². The van der Waals surface area contributed by atoms with Crippen molar-refractivity contribution in [3.63, 3.8) is 0 Å². The second-order valence-corrected chi connectivity index (χ2v) is 11.6. The van der Waals surface area contributed by atoms with Crippen LogP contribution < -0.4 is 0 Å². The molecule has 0 aliphatic heterocycles. The van der Waals surface area contributed by atoms with Gasteiger partial charge < -0.3 is 0 Å². The molecule has 0 aromatic heterocycles. The molecule has 204 valence electrons. The van der Waals surface area contributed by atoms with Crippen LogP contribution in [0.5, 0.6) is 0 Å². The summed E-state index contributed by atoms with van der Waals surface area (Å²) in [5.74, 6) is 1.74. The van der Waals surface area contributed by atoms with E-state index in [0.29, 0.717) is 13.2 Å². The Kier molecular flexibility index (Phi) is 27.6. The normalized spacial score (nSPS) is 11.7. The zero-order valence-corrected chi connectivity index (χ0v) is 24.7. The molecule has 0 heterocycles. The third-order valence-corrected chi connectivity index (χ3v) is 8.06. The first-order valence-electron chi connectivity index (χ1n) is 15.4. The van der Waals surface area contributed by atoms with E-state index in [9.17, 15) is 4.57 Å². The van der Waals surface area contributed by atoms with Crippen molar-refractivity contribution in [3.8, 4) is 0 Å². The van der Waals surface area contributed by atoms with Crippen LogP contribution in [0.2, 0.25) is 0 Å². The van der Waals surface area contributed by atoms with E-state index < -0.39 is 8.25 Å². The molecule has 0 unspecified atom stereocenters. The predicted molar refractivity (Wildman–Crippen MR) is 151 cm³/mol. The highest BCUT2D eigenvalue weighted by molar-refractivity contribution is 7.33. The summed E-state index contributed by atoms with van der Waals surface area (Å²) in [6.45, 7) is 10.3. The summed E-state index contributed by atoms with van der Waals surface area (Å²) in [5.41, 5.74) is 0. The average molecular weight is 502 g/mol. The summed E-state index contributed by atoms with van der Waals surface area (Å²) in [6, 6.07) is 0. The fraction of sp³-hybridized carbons (Fsp3) is 1.00. The van der Waals surface area contributed by atoms with Gasteiger partial charge in [0.25, 0.3) is 0 Å². The van der Waals surface area contributed by atoms with Crippen LogP contribution in [0.1, 0.15) is 169 Å². The highest BCUT2D eigenvalue weighted by atomic mass is 31.1. The summed E-state index contributed by atoms with van der Waals surface area (Å²) < 4.78 is 23.0. The molecule has 0 aliphatic carbocycles. The maximum atomic E-state index is 12.0. The first kappa shape index (κ1) is 34.0. The van der Waals surface area contributed by atoms with Gasteiger partial charge in [-0.15, -0.1) is 9.05 Å². The molecular weight excluding hydrogens is 439 g/mol. The summed E-state index contributed by atoms with van der Waals surface area (Å²) in [5, 5.41) is 0. The van der Waals surface area contributed by atoms with Gasteiger partial charge in [-0.25, -0.2) is 0 Å². The van der Waals surface area contributed by atoms with Gasteiger partial charge in [-0.1, -0.05) is 156 Å². The minimum absolute atomic E-state index is 0.572. The Morgan fingerprint density at radius 1 is 0.441 bits per heavy atom. The van der Waals surface area contributed by atoms with Crippen molar-refractivity contribution in [1.29, 1.82) is 0 Å². The molecule has 0 saturated carbocycles. The third-order valence-electron chi connectivity index (χ3n) is 7.27. The van der Waals surface area contributed by atoms with E-state index in [4.69, 9.17) is 9.05 Å². The molecule has 0 atom stereocenters. The Bertz CT molecular complexity index is 360. The third kappa shape index (κ3) is 23.7. The quantitative estimate of drug-likeness (QED) is 0.0789. The second kappa shape index (κ2) is 27.6. The van der Waals surface area contributed by atoms with E-state index >= 15 is 0 Å². The highest BCUT2D eigenvalue weighted by Crippen LogP contribution is 2.28. The van der Waals surface area contributed by atoms with Gasteiger partial charge in [-0.2, -0.15) is 0 Å². The van der Waals surface area contributed by atoms with Crippen molar-refractivity contribution in [2.45, 2.75) is 169 Å². The monoisotopic (exact) mass is 501 g/mol. The Hall–Kier alpha value is 0.0200. The zero-order valence-electron chi connectivity index (χ0n) is 23.8. The molecule has 0 N–H and O–H groups in total. The Labute approximate surface area is 215 Å². The second-order valence-electron chi connectivity index (χ2n) is 10.6. The van der Waals surface area contributed by atoms with Crippen LogP contribution in [-0.4, -0.2) is 13.2 Å². The highest BCUT2D eigenvalue weighted by Gasteiger charge is 2.19. The summed E-state index contributed by atoms with van der Waals surface area (Å²) >= 11 is 0. The van der Waals surface area contributed by atoms with E-state index in [0.717, 1.165) is 24.7 Å². The molecule has 0 spiro atoms. The van der Waals surface area contributed by atoms with Crippen LogP contribution in [0.15, 0.2) is 0 Å². The molecule has 0 aliphatic rings. The molecule has 0 saturated heterocycles. The molecule has 0 bridgehead atoms. The Balaban J connectivity index is 3.84. The van der Waals surface area contributed by atoms with Gasteiger partial charge in [0, 0.05) is 4.57 Å². The number of rotatable bonds is 28. The molecule has 0 amide bonds. The molecule has 0 aromatic carbocycles. The molecular formula is C30H62O3P+. The lowest BCUT2D eigenvalue weighted by atomic mass is 9.90. The molecule has 4 heteroatoms. The molecule has 0 fully saturated rings. The SMILES string of the molecule is CCCCCC(CCCCC)CCCCO[P+](=O)OCCCCC(CCCCC)CCCCC. The zero-order chi connectivity index (χ0) is 25.1. The fourth-order valence-electron chi connectivity index (χ4n) is 4.98. The topological polar surface area (TPSA) is 35.5 Å². The van der Waals surface area contributed by atoms with Crippen molar-refractivity contribution in [3.05, 3.63) is 0 Å². The molecule has 34 heavy (non-hydrogen) atoms. The molecule has 3 nitrogen and oxygen atoms in total. The average Bonchev–Trinajstić information content (AvgIpc) is 2.83. The lowest BCUT2D eigenvalue weighted by Gasteiger charge is -2.16. The summed E-state index contributed by atoms with van der Waals surface area (Å²) in [7, 11) is -1.94. The van der Waals surface area contributed by atoms with Crippen molar-refractivity contribution >= 4 is 8.25 Å². The van der Waals surface area contributed by atoms with Gasteiger partial charge in [0.05, 0.1) is 0 Å². The van der Waals surface area contributed by atoms with Gasteiger partial charge in [0.15, 0.2) is 0 Å². The van der Waals surface area contributed by atoms with Gasteiger partial charge in [0.1, 0.15) is 13.2 Å². The van der Waals surface area contributed by atoms with Gasteiger partial charge >= 0.3 is 8.25 Å². The maximum Gasteiger partial charge on any atom is 0.697 e. The minimum Gasteiger partial charge on any atom is -0.119 e. The Morgan fingerprint density at radius 3 is 0.971 bits per heavy atom. The maximum absolute atomic E-state index is 12.0. The number of hydrogen-bond acceptors (Lipinski definition) is 3. The molecule has 0 aromatic rings. The van der Waals surface area contributed by atoms with Crippen LogP contribution in [0, 0.1) is 11.8 Å². The minimum atomic E-state index is -1.94. The molecule has 0 radical (unpaired) electrons. The standard InChI is InChI=1S/C30H62O3P/c1-5-9-13-21-29(22-14-10-6-2)25-17-19-27-32-34(31)33-28-20-18-26-30(23-15-11-7-3)24-16-12-8-4/h29-30H,5-28H2,1-4H3/q+1. The van der Waals surface area contributed by atoms with Crippen LogP contribution in [-0.2, 0) is 13.6 Å². The van der Waals surface area contributed by atoms with Crippen molar-refractivity contribution in [1.82, 2.24) is 0 Å². The van der Waals surface area contributed by atoms with E-state index in [2.05, 4.69) is 27.7 Å². The Morgan fingerprint density at radius 2 is 0.706 bits per heavy atom. The van der Waals surface area contributed by atoms with E-state index in [1.165, 1.54) is 128 Å². The summed E-state index contributed by atoms with van der Waals surface area (Å²) in [6.07, 6.45) is 28.7. The predicted octanol–water partition coefficient (Wildman–Crippen LogP) is 11.6. The van der Waals surface area contributed by atoms with Gasteiger partial charge in [-0.05, 0) is 24.7 Å². The van der Waals surface area contributed by atoms with Crippen LogP contribution in [0.4, 0.5) is 0 Å². The largest absolute Gasteiger partial charge is 0.697 e. The van der Waals surface area contributed by atoms with Crippen LogP contribution in [0.25, 0.3) is 0 Å². The molecule has 0 rings (SSSR count). The fourth-order valence-corrected chi connectivity index (χ4v) is 5.61. The van der Waals surface area contributed by atoms with Crippen LogP contribution >= 0.6 is 8.25 Å². The van der Waals surface area contributed by atoms with Crippen molar-refractivity contribution < 1.29 is 13.6 Å². The van der Waals surface area contributed by atoms with E-state index in [1.54, 1.807) is 0 Å². The first-order valence-corrected chi connectivity index (χ1v) is 16.5. The lowest BCUT2D eigenvalue weighted by Crippen LogP contribution is -2.03. The van der Waals surface area contributed by atoms with E-state index in [-0.39, 0.29) is 0 Å². The first-order chi connectivity index (χ1) is 16.7. The van der Waals surface area contributed by atoms with Crippen molar-refractivity contribution in [2.24, 2.45) is 11.8 Å². The number of unbranched alkanes of at least 4 members (excludes halogenated alkanes) is 10. The number of hydrogen-bond donors (Lipinski definition) is 0. The smallest absolute Gasteiger partial charge is 0.119 e. The van der Waals surface area contributed by atoms with Gasteiger partial charge in [0.2, 0.25) is 0 Å². The van der Waals surface area contributed by atoms with Crippen LogP contribution in [0.3, 0.4) is 0 Å². The van der Waals surface area contributed by atoms with Crippen molar-refractivity contribution in [2.75, 3.05) is 13.2 Å². The van der Waals surface area contributed by atoms with Gasteiger partial charge in [-0.3, -0.25) is 0 Å². The lowest BCUT2D eigenvalue weighted by molar-refractivity contribution is 0.214.